The van der Waals surface area contributed by atoms with Crippen LogP contribution in [0.2, 0.25) is 0 Å². The lowest BCUT2D eigenvalue weighted by molar-refractivity contribution is 0.673. The van der Waals surface area contributed by atoms with Crippen LogP contribution in [0, 0.1) is 0 Å². The minimum Gasteiger partial charge on any atom is -0.455 e. The van der Waals surface area contributed by atoms with Gasteiger partial charge in [-0.25, -0.2) is 4.98 Å². The first-order chi connectivity index (χ1) is 27.3. The van der Waals surface area contributed by atoms with Gasteiger partial charge in [0.25, 0.3) is 0 Å². The van der Waals surface area contributed by atoms with E-state index in [1.807, 2.05) is 35.6 Å². The van der Waals surface area contributed by atoms with Crippen molar-refractivity contribution in [3.63, 3.8) is 0 Å². The van der Waals surface area contributed by atoms with Gasteiger partial charge in [-0.15, -0.1) is 11.3 Å². The Hall–Kier alpha value is -7.15. The highest BCUT2D eigenvalue weighted by Crippen LogP contribution is 2.48. The fourth-order valence-electron chi connectivity index (χ4n) is 8.43. The Bertz CT molecular complexity index is 3450. The van der Waals surface area contributed by atoms with Gasteiger partial charge >= 0.3 is 0 Å². The Morgan fingerprint density at radius 3 is 1.78 bits per heavy atom. The molecule has 55 heavy (non-hydrogen) atoms. The number of para-hydroxylation sites is 3. The first kappa shape index (κ1) is 30.3. The standard InChI is InChI=1S/C49H28N4OS/c1-2-14-29(15-3-1)47-50-48(52-49(51-47)53-40-22-10-6-18-33(40)34-19-7-11-23-41(34)53)36-27-26-32(30-16-4-5-17-31(30)36)39-28-38-35-20-8-12-24-42(35)54-45(38)44-37-21-9-13-25-43(37)55-46(39)44/h1-28H. The molecule has 0 aliphatic rings. The Morgan fingerprint density at radius 1 is 0.436 bits per heavy atom. The van der Waals surface area contributed by atoms with E-state index < -0.39 is 0 Å². The molecule has 0 atom stereocenters. The summed E-state index contributed by atoms with van der Waals surface area (Å²) in [6.07, 6.45) is 0. The number of benzene rings is 8. The average molecular weight is 721 g/mol. The molecular formula is C49H28N4OS. The van der Waals surface area contributed by atoms with Crippen LogP contribution in [0.5, 0.6) is 0 Å². The van der Waals surface area contributed by atoms with Crippen molar-refractivity contribution in [1.82, 2.24) is 19.5 Å². The molecule has 12 rings (SSSR count). The topological polar surface area (TPSA) is 56.7 Å². The molecule has 0 saturated heterocycles. The van der Waals surface area contributed by atoms with E-state index in [4.69, 9.17) is 19.4 Å². The molecule has 12 aromatic rings. The molecule has 8 aromatic carbocycles. The van der Waals surface area contributed by atoms with Gasteiger partial charge in [0.2, 0.25) is 5.95 Å². The average Bonchev–Trinajstić information content (AvgIpc) is 3.93. The summed E-state index contributed by atoms with van der Waals surface area (Å²) in [6.45, 7) is 0. The van der Waals surface area contributed by atoms with Crippen LogP contribution in [0.4, 0.5) is 0 Å². The van der Waals surface area contributed by atoms with Crippen LogP contribution in [0.25, 0.3) is 115 Å². The van der Waals surface area contributed by atoms with Gasteiger partial charge in [0.1, 0.15) is 11.2 Å². The number of nitrogens with zero attached hydrogens (tertiary/aromatic N) is 4. The van der Waals surface area contributed by atoms with E-state index in [2.05, 4.69) is 150 Å². The summed E-state index contributed by atoms with van der Waals surface area (Å²) < 4.78 is 11.2. The van der Waals surface area contributed by atoms with Crippen LogP contribution in [0.15, 0.2) is 174 Å². The molecule has 0 fully saturated rings. The summed E-state index contributed by atoms with van der Waals surface area (Å²) in [5.41, 5.74) is 8.16. The van der Waals surface area contributed by atoms with Crippen molar-refractivity contribution < 1.29 is 4.42 Å². The van der Waals surface area contributed by atoms with Gasteiger partial charge in [-0.2, -0.15) is 9.97 Å². The number of fused-ring (bicyclic) bond motifs is 11. The molecule has 5 nitrogen and oxygen atoms in total. The summed E-state index contributed by atoms with van der Waals surface area (Å²) in [4.78, 5) is 15.7. The number of hydrogen-bond acceptors (Lipinski definition) is 5. The first-order valence-corrected chi connectivity index (χ1v) is 19.2. The second-order valence-corrected chi connectivity index (χ2v) is 15.0. The van der Waals surface area contributed by atoms with Crippen molar-refractivity contribution >= 4 is 86.0 Å². The zero-order valence-corrected chi connectivity index (χ0v) is 30.1. The monoisotopic (exact) mass is 720 g/mol. The second kappa shape index (κ2) is 11.7. The first-order valence-electron chi connectivity index (χ1n) is 18.4. The van der Waals surface area contributed by atoms with Gasteiger partial charge in [0.15, 0.2) is 11.6 Å². The molecule has 6 heteroatoms. The number of hydrogen-bond donors (Lipinski definition) is 0. The summed E-state index contributed by atoms with van der Waals surface area (Å²) in [6, 6.07) is 59.5. The van der Waals surface area contributed by atoms with E-state index in [1.165, 1.54) is 25.7 Å². The van der Waals surface area contributed by atoms with Crippen molar-refractivity contribution in [2.75, 3.05) is 0 Å². The highest BCUT2D eigenvalue weighted by atomic mass is 32.1. The summed E-state index contributed by atoms with van der Waals surface area (Å²) in [5.74, 6) is 1.83. The maximum atomic E-state index is 6.61. The summed E-state index contributed by atoms with van der Waals surface area (Å²) >= 11 is 1.82. The minimum absolute atomic E-state index is 0.582. The lowest BCUT2D eigenvalue weighted by Gasteiger charge is -2.14. The molecule has 0 aliphatic carbocycles. The molecular weight excluding hydrogens is 693 g/mol. The van der Waals surface area contributed by atoms with Gasteiger partial charge in [-0.1, -0.05) is 133 Å². The van der Waals surface area contributed by atoms with Crippen LogP contribution in [0.3, 0.4) is 0 Å². The highest BCUT2D eigenvalue weighted by molar-refractivity contribution is 7.26. The van der Waals surface area contributed by atoms with Crippen LogP contribution in [-0.2, 0) is 0 Å². The molecule has 0 N–H and O–H groups in total. The van der Waals surface area contributed by atoms with E-state index in [0.717, 1.165) is 71.2 Å². The predicted octanol–water partition coefficient (Wildman–Crippen LogP) is 13.4. The molecule has 0 spiro atoms. The van der Waals surface area contributed by atoms with Crippen molar-refractivity contribution in [3.8, 4) is 39.9 Å². The normalized spacial score (nSPS) is 12.0. The van der Waals surface area contributed by atoms with E-state index >= 15 is 0 Å². The maximum absolute atomic E-state index is 6.61. The van der Waals surface area contributed by atoms with Gasteiger partial charge in [-0.3, -0.25) is 4.57 Å². The van der Waals surface area contributed by atoms with Crippen LogP contribution in [0.1, 0.15) is 0 Å². The van der Waals surface area contributed by atoms with Crippen LogP contribution < -0.4 is 0 Å². The van der Waals surface area contributed by atoms with Gasteiger partial charge in [-0.05, 0) is 52.7 Å². The molecule has 256 valence electrons. The largest absolute Gasteiger partial charge is 0.455 e. The highest BCUT2D eigenvalue weighted by Gasteiger charge is 2.22. The van der Waals surface area contributed by atoms with E-state index in [9.17, 15) is 0 Å². The van der Waals surface area contributed by atoms with E-state index in [1.54, 1.807) is 0 Å². The third-order valence-electron chi connectivity index (χ3n) is 10.9. The maximum Gasteiger partial charge on any atom is 0.238 e. The van der Waals surface area contributed by atoms with Crippen molar-refractivity contribution in [3.05, 3.63) is 170 Å². The molecule has 4 aromatic heterocycles. The zero-order valence-electron chi connectivity index (χ0n) is 29.3. The summed E-state index contributed by atoms with van der Waals surface area (Å²) in [5, 5.41) is 9.14. The third kappa shape index (κ3) is 4.49. The van der Waals surface area contributed by atoms with Crippen LogP contribution in [-0.4, -0.2) is 19.5 Å². The minimum atomic E-state index is 0.582. The molecule has 0 bridgehead atoms. The lowest BCUT2D eigenvalue weighted by Crippen LogP contribution is -2.06. The van der Waals surface area contributed by atoms with Gasteiger partial charge < -0.3 is 4.42 Å². The number of furan rings is 1. The molecule has 4 heterocycles. The Morgan fingerprint density at radius 2 is 1.02 bits per heavy atom. The molecule has 0 aliphatic heterocycles. The quantitative estimate of drug-likeness (QED) is 0.182. The predicted molar refractivity (Wildman–Crippen MR) is 228 cm³/mol. The molecule has 0 amide bonds. The van der Waals surface area contributed by atoms with Crippen molar-refractivity contribution in [2.24, 2.45) is 0 Å². The molecule has 0 unspecified atom stereocenters. The van der Waals surface area contributed by atoms with Gasteiger partial charge in [0, 0.05) is 58.4 Å². The number of thiophene rings is 1. The van der Waals surface area contributed by atoms with E-state index in [0.29, 0.717) is 17.6 Å². The smallest absolute Gasteiger partial charge is 0.238 e. The SMILES string of the molecule is c1ccc(-c2nc(-c3ccc(-c4cc5c6ccccc6oc5c5c4sc4ccccc45)c4ccccc34)nc(-n3c4ccccc4c4ccccc43)n2)cc1. The lowest BCUT2D eigenvalue weighted by atomic mass is 9.92. The fourth-order valence-corrected chi connectivity index (χ4v) is 9.66. The van der Waals surface area contributed by atoms with Gasteiger partial charge in [0.05, 0.1) is 11.0 Å². The van der Waals surface area contributed by atoms with E-state index in [-0.39, 0.29) is 0 Å². The van der Waals surface area contributed by atoms with Crippen LogP contribution >= 0.6 is 11.3 Å². The Kier molecular flexibility index (Phi) is 6.44. The Balaban J connectivity index is 1.14. The molecule has 0 radical (unpaired) electrons. The number of rotatable bonds is 4. The Labute approximate surface area is 318 Å². The second-order valence-electron chi connectivity index (χ2n) is 13.9. The molecule has 0 saturated carbocycles. The number of aromatic nitrogens is 4. The third-order valence-corrected chi connectivity index (χ3v) is 12.1. The zero-order chi connectivity index (χ0) is 36.0. The van der Waals surface area contributed by atoms with Crippen molar-refractivity contribution in [1.29, 1.82) is 0 Å². The fraction of sp³-hybridized carbons (Fsp3) is 0. The van der Waals surface area contributed by atoms with Crippen molar-refractivity contribution in [2.45, 2.75) is 0 Å². The summed E-state index contributed by atoms with van der Waals surface area (Å²) in [7, 11) is 0.